The van der Waals surface area contributed by atoms with Gasteiger partial charge >= 0.3 is 0 Å². The van der Waals surface area contributed by atoms with Crippen LogP contribution in [0.25, 0.3) is 0 Å². The highest BCUT2D eigenvalue weighted by Gasteiger charge is 2.21. The number of hydrogen-bond donors (Lipinski definition) is 3. The zero-order valence-corrected chi connectivity index (χ0v) is 10.6. The Kier molecular flexibility index (Phi) is 4.67. The molecule has 1 atom stereocenters. The first kappa shape index (κ1) is 13.7. The van der Waals surface area contributed by atoms with Crippen molar-refractivity contribution in [1.29, 1.82) is 0 Å². The fourth-order valence-electron chi connectivity index (χ4n) is 1.97. The van der Waals surface area contributed by atoms with Crippen LogP contribution < -0.4 is 11.1 Å². The van der Waals surface area contributed by atoms with Crippen molar-refractivity contribution in [3.8, 4) is 0 Å². The summed E-state index contributed by atoms with van der Waals surface area (Å²) >= 11 is 0. The third-order valence-electron chi connectivity index (χ3n) is 2.95. The second kappa shape index (κ2) is 6.46. The highest BCUT2D eigenvalue weighted by Crippen LogP contribution is 2.03. The van der Waals surface area contributed by atoms with Gasteiger partial charge in [-0.05, 0) is 12.1 Å². The van der Waals surface area contributed by atoms with Crippen molar-refractivity contribution in [3.63, 3.8) is 0 Å². The molecular formula is C12H18N4O3. The number of nitrogens with one attached hydrogen (secondary N) is 2. The minimum absolute atomic E-state index is 0.0411. The molecule has 1 aliphatic rings. The standard InChI is InChI=1S/C12H18N4O3/c13-6-9-7-16(4-5-19-9)8-11(17)15-12(18)10-2-1-3-14-10/h1-3,9,14H,4-8,13H2,(H,15,17,18). The van der Waals surface area contributed by atoms with E-state index in [0.717, 1.165) is 0 Å². The number of ether oxygens (including phenoxy) is 1. The quantitative estimate of drug-likeness (QED) is 0.644. The Labute approximate surface area is 111 Å². The van der Waals surface area contributed by atoms with Gasteiger partial charge in [0.2, 0.25) is 5.91 Å². The zero-order valence-electron chi connectivity index (χ0n) is 10.6. The molecule has 2 rings (SSSR count). The molecule has 0 bridgehead atoms. The first-order valence-corrected chi connectivity index (χ1v) is 6.20. The summed E-state index contributed by atoms with van der Waals surface area (Å²) < 4.78 is 5.41. The van der Waals surface area contributed by atoms with Crippen LogP contribution in [-0.2, 0) is 9.53 Å². The summed E-state index contributed by atoms with van der Waals surface area (Å²) in [6.45, 7) is 2.44. The molecule has 1 aromatic rings. The van der Waals surface area contributed by atoms with Crippen LogP contribution in [-0.4, -0.2) is 60.6 Å². The van der Waals surface area contributed by atoms with Gasteiger partial charge in [-0.3, -0.25) is 19.8 Å². The smallest absolute Gasteiger partial charge is 0.274 e. The van der Waals surface area contributed by atoms with E-state index in [0.29, 0.717) is 31.9 Å². The molecule has 1 aromatic heterocycles. The summed E-state index contributed by atoms with van der Waals surface area (Å²) in [5, 5.41) is 2.34. The molecule has 0 aromatic carbocycles. The van der Waals surface area contributed by atoms with Gasteiger partial charge < -0.3 is 15.5 Å². The fraction of sp³-hybridized carbons (Fsp3) is 0.500. The molecule has 0 saturated carbocycles. The number of nitrogens with two attached hydrogens (primary N) is 1. The van der Waals surface area contributed by atoms with Gasteiger partial charge in [0, 0.05) is 25.8 Å². The summed E-state index contributed by atoms with van der Waals surface area (Å²) in [6.07, 6.45) is 1.59. The van der Waals surface area contributed by atoms with E-state index in [-0.39, 0.29) is 18.6 Å². The first-order valence-electron chi connectivity index (χ1n) is 6.20. The van der Waals surface area contributed by atoms with E-state index in [1.807, 2.05) is 4.90 Å². The number of imide groups is 1. The molecule has 4 N–H and O–H groups in total. The Hall–Kier alpha value is -1.70. The Morgan fingerprint density at radius 3 is 3.11 bits per heavy atom. The number of aromatic nitrogens is 1. The molecule has 1 saturated heterocycles. The average Bonchev–Trinajstić information content (AvgIpc) is 2.92. The third kappa shape index (κ3) is 3.88. The SMILES string of the molecule is NCC1CN(CC(=O)NC(=O)c2ccc[nH]2)CCO1. The van der Waals surface area contributed by atoms with Crippen LogP contribution in [0.4, 0.5) is 0 Å². The molecule has 19 heavy (non-hydrogen) atoms. The Bertz CT molecular complexity index is 432. The molecule has 0 spiro atoms. The Morgan fingerprint density at radius 1 is 1.58 bits per heavy atom. The van der Waals surface area contributed by atoms with Crippen molar-refractivity contribution in [1.82, 2.24) is 15.2 Å². The maximum atomic E-state index is 11.8. The number of rotatable bonds is 4. The highest BCUT2D eigenvalue weighted by atomic mass is 16.5. The molecule has 0 radical (unpaired) electrons. The highest BCUT2D eigenvalue weighted by molar-refractivity contribution is 6.04. The van der Waals surface area contributed by atoms with Crippen LogP contribution in [0.3, 0.4) is 0 Å². The maximum Gasteiger partial charge on any atom is 0.274 e. The lowest BCUT2D eigenvalue weighted by atomic mass is 10.2. The number of H-pyrrole nitrogens is 1. The van der Waals surface area contributed by atoms with Crippen molar-refractivity contribution in [2.24, 2.45) is 5.73 Å². The molecule has 1 unspecified atom stereocenters. The first-order chi connectivity index (χ1) is 9.19. The predicted molar refractivity (Wildman–Crippen MR) is 68.5 cm³/mol. The lowest BCUT2D eigenvalue weighted by molar-refractivity contribution is -0.123. The molecule has 2 heterocycles. The van der Waals surface area contributed by atoms with Crippen molar-refractivity contribution in [3.05, 3.63) is 24.0 Å². The molecular weight excluding hydrogens is 248 g/mol. The number of carbonyl (C=O) groups is 2. The molecule has 7 heteroatoms. The Balaban J connectivity index is 1.79. The largest absolute Gasteiger partial charge is 0.374 e. The van der Waals surface area contributed by atoms with Gasteiger partial charge in [0.1, 0.15) is 5.69 Å². The number of nitrogens with zero attached hydrogens (tertiary/aromatic N) is 1. The van der Waals surface area contributed by atoms with E-state index < -0.39 is 5.91 Å². The van der Waals surface area contributed by atoms with Crippen LogP contribution in [0.15, 0.2) is 18.3 Å². The summed E-state index contributed by atoms with van der Waals surface area (Å²) in [6, 6.07) is 3.31. The lowest BCUT2D eigenvalue weighted by Crippen LogP contribution is -2.49. The van der Waals surface area contributed by atoms with Crippen molar-refractivity contribution in [2.75, 3.05) is 32.8 Å². The van der Waals surface area contributed by atoms with Gasteiger partial charge in [0.15, 0.2) is 0 Å². The zero-order chi connectivity index (χ0) is 13.7. The van der Waals surface area contributed by atoms with E-state index >= 15 is 0 Å². The van der Waals surface area contributed by atoms with E-state index in [2.05, 4.69) is 10.3 Å². The van der Waals surface area contributed by atoms with Gasteiger partial charge in [-0.2, -0.15) is 0 Å². The van der Waals surface area contributed by atoms with Crippen LogP contribution in [0, 0.1) is 0 Å². The minimum Gasteiger partial charge on any atom is -0.374 e. The third-order valence-corrected chi connectivity index (χ3v) is 2.95. The van der Waals surface area contributed by atoms with Gasteiger partial charge in [-0.25, -0.2) is 0 Å². The molecule has 2 amide bonds. The van der Waals surface area contributed by atoms with E-state index in [4.69, 9.17) is 10.5 Å². The number of amides is 2. The summed E-state index contributed by atoms with van der Waals surface area (Å²) in [7, 11) is 0. The van der Waals surface area contributed by atoms with Crippen molar-refractivity contribution in [2.45, 2.75) is 6.10 Å². The maximum absolute atomic E-state index is 11.8. The number of aromatic amines is 1. The van der Waals surface area contributed by atoms with Crippen LogP contribution >= 0.6 is 0 Å². The second-order valence-corrected chi connectivity index (χ2v) is 4.42. The lowest BCUT2D eigenvalue weighted by Gasteiger charge is -2.31. The van der Waals surface area contributed by atoms with Gasteiger partial charge in [-0.1, -0.05) is 0 Å². The van der Waals surface area contributed by atoms with Crippen LogP contribution in [0.1, 0.15) is 10.5 Å². The predicted octanol–water partition coefficient (Wildman–Crippen LogP) is -1.07. The number of morpholine rings is 1. The van der Waals surface area contributed by atoms with Gasteiger partial charge in [0.25, 0.3) is 5.91 Å². The topological polar surface area (TPSA) is 100 Å². The summed E-state index contributed by atoms with van der Waals surface area (Å²) in [5.74, 6) is -0.740. The summed E-state index contributed by atoms with van der Waals surface area (Å²) in [5.41, 5.74) is 5.90. The van der Waals surface area contributed by atoms with Crippen LogP contribution in [0.2, 0.25) is 0 Å². The fourth-order valence-corrected chi connectivity index (χ4v) is 1.97. The number of carbonyl (C=O) groups excluding carboxylic acids is 2. The monoisotopic (exact) mass is 266 g/mol. The van der Waals surface area contributed by atoms with Crippen molar-refractivity contribution < 1.29 is 14.3 Å². The molecule has 7 nitrogen and oxygen atoms in total. The molecule has 1 fully saturated rings. The van der Waals surface area contributed by atoms with E-state index in [1.165, 1.54) is 0 Å². The van der Waals surface area contributed by atoms with E-state index in [1.54, 1.807) is 18.3 Å². The van der Waals surface area contributed by atoms with Crippen LogP contribution in [0.5, 0.6) is 0 Å². The minimum atomic E-state index is -0.418. The molecule has 104 valence electrons. The van der Waals surface area contributed by atoms with E-state index in [9.17, 15) is 9.59 Å². The van der Waals surface area contributed by atoms with Gasteiger partial charge in [-0.15, -0.1) is 0 Å². The number of hydrogen-bond acceptors (Lipinski definition) is 5. The summed E-state index contributed by atoms with van der Waals surface area (Å²) in [4.78, 5) is 28.1. The second-order valence-electron chi connectivity index (χ2n) is 4.42. The average molecular weight is 266 g/mol. The van der Waals surface area contributed by atoms with Crippen molar-refractivity contribution >= 4 is 11.8 Å². The molecule has 1 aliphatic heterocycles. The van der Waals surface area contributed by atoms with Gasteiger partial charge in [0.05, 0.1) is 19.3 Å². The molecule has 0 aliphatic carbocycles. The Morgan fingerprint density at radius 2 is 2.42 bits per heavy atom. The normalized spacial score (nSPS) is 20.2.